The monoisotopic (exact) mass is 500 g/mol. The van der Waals surface area contributed by atoms with E-state index in [1.165, 1.54) is 24.8 Å². The number of hydrogen-bond acceptors (Lipinski definition) is 4. The van der Waals surface area contributed by atoms with Crippen molar-refractivity contribution in [1.82, 2.24) is 19.9 Å². The van der Waals surface area contributed by atoms with E-state index in [0.717, 1.165) is 78.0 Å². The first kappa shape index (κ1) is 24.1. The summed E-state index contributed by atoms with van der Waals surface area (Å²) in [5.41, 5.74) is 7.01. The first-order valence-electron chi connectivity index (χ1n) is 13.8. The molecule has 0 saturated heterocycles. The van der Waals surface area contributed by atoms with Crippen LogP contribution in [0.5, 0.6) is 0 Å². The van der Waals surface area contributed by atoms with Gasteiger partial charge < -0.3 is 10.0 Å². The molecule has 7 rings (SSSR count). The molecule has 4 aliphatic rings. The van der Waals surface area contributed by atoms with Gasteiger partial charge in [0.2, 0.25) is 5.91 Å². The fraction of sp³-hybridized carbons (Fsp3) is 0.533. The van der Waals surface area contributed by atoms with Gasteiger partial charge >= 0.3 is 5.97 Å². The predicted molar refractivity (Wildman–Crippen MR) is 141 cm³/mol. The second-order valence-corrected chi connectivity index (χ2v) is 11.5. The Bertz CT molecular complexity index is 1350. The summed E-state index contributed by atoms with van der Waals surface area (Å²) in [6.07, 6.45) is 7.60. The van der Waals surface area contributed by atoms with E-state index in [1.54, 1.807) is 0 Å². The van der Waals surface area contributed by atoms with Crippen LogP contribution in [0.25, 0.3) is 11.0 Å². The summed E-state index contributed by atoms with van der Waals surface area (Å²) in [6.45, 7) is 6.17. The number of aryl methyl sites for hydroxylation is 2. The Hall–Kier alpha value is -3.22. The molecular formula is C30H36N4O3. The van der Waals surface area contributed by atoms with Crippen molar-refractivity contribution in [2.75, 3.05) is 6.54 Å². The molecule has 2 aromatic carbocycles. The zero-order valence-corrected chi connectivity index (χ0v) is 21.9. The average molecular weight is 501 g/mol. The van der Waals surface area contributed by atoms with Crippen LogP contribution in [-0.2, 0) is 29.1 Å². The third-order valence-electron chi connectivity index (χ3n) is 9.52. The number of rotatable bonds is 6. The highest BCUT2D eigenvalue weighted by molar-refractivity contribution is 5.83. The molecule has 3 fully saturated rings. The lowest BCUT2D eigenvalue weighted by molar-refractivity contribution is -0.149. The summed E-state index contributed by atoms with van der Waals surface area (Å²) in [6, 6.07) is 10.4. The highest BCUT2D eigenvalue weighted by atomic mass is 16.4. The zero-order valence-electron chi connectivity index (χ0n) is 21.9. The number of carboxylic acid groups (broad SMARTS) is 1. The molecule has 1 N–H and O–H groups in total. The number of benzene rings is 2. The van der Waals surface area contributed by atoms with Crippen LogP contribution in [-0.4, -0.2) is 43.4 Å². The predicted octanol–water partition coefficient (Wildman–Crippen LogP) is 5.22. The summed E-state index contributed by atoms with van der Waals surface area (Å²) in [4.78, 5) is 27.8. The molecule has 37 heavy (non-hydrogen) atoms. The van der Waals surface area contributed by atoms with Gasteiger partial charge in [-0.3, -0.25) is 9.59 Å². The molecule has 1 aliphatic heterocycles. The van der Waals surface area contributed by atoms with E-state index in [2.05, 4.69) is 33.4 Å². The molecule has 7 nitrogen and oxygen atoms in total. The molecule has 0 spiro atoms. The van der Waals surface area contributed by atoms with Crippen LogP contribution in [0.2, 0.25) is 0 Å². The molecule has 2 bridgehead atoms. The van der Waals surface area contributed by atoms with E-state index in [4.69, 9.17) is 0 Å². The van der Waals surface area contributed by atoms with E-state index in [1.807, 2.05) is 30.7 Å². The Morgan fingerprint density at radius 3 is 2.57 bits per heavy atom. The number of amides is 1. The maximum atomic E-state index is 13.8. The second kappa shape index (κ2) is 9.26. The fourth-order valence-corrected chi connectivity index (χ4v) is 7.25. The number of hydrogen-bond donors (Lipinski definition) is 1. The second-order valence-electron chi connectivity index (χ2n) is 11.5. The number of aliphatic carboxylic acids is 1. The summed E-state index contributed by atoms with van der Waals surface area (Å²) < 4.78 is 1.86. The number of fused-ring (bicyclic) bond motifs is 5. The van der Waals surface area contributed by atoms with E-state index in [9.17, 15) is 14.7 Å². The van der Waals surface area contributed by atoms with Crippen molar-refractivity contribution in [2.24, 2.45) is 11.3 Å². The maximum absolute atomic E-state index is 13.8. The van der Waals surface area contributed by atoms with E-state index < -0.39 is 5.97 Å². The fourth-order valence-electron chi connectivity index (χ4n) is 7.25. The normalized spacial score (nSPS) is 23.7. The van der Waals surface area contributed by atoms with Crippen molar-refractivity contribution in [1.29, 1.82) is 0 Å². The Morgan fingerprint density at radius 2 is 1.86 bits per heavy atom. The van der Waals surface area contributed by atoms with Gasteiger partial charge in [-0.25, -0.2) is 4.68 Å². The number of carbonyl (C=O) groups is 2. The van der Waals surface area contributed by atoms with Crippen molar-refractivity contribution in [3.05, 3.63) is 58.1 Å². The Labute approximate surface area is 217 Å². The minimum atomic E-state index is -0.830. The van der Waals surface area contributed by atoms with Crippen molar-refractivity contribution in [3.8, 4) is 0 Å². The molecule has 1 aromatic heterocycles. The highest BCUT2D eigenvalue weighted by Gasteiger charge is 2.47. The van der Waals surface area contributed by atoms with Gasteiger partial charge in [-0.1, -0.05) is 29.5 Å². The molecule has 1 atom stereocenters. The highest BCUT2D eigenvalue weighted by Crippen LogP contribution is 2.51. The van der Waals surface area contributed by atoms with Crippen LogP contribution in [0.3, 0.4) is 0 Å². The SMILES string of the molecule is CCn1nnc2c(C)c(C(CC(=O)O)c3ccc4c(c3)CN(C(=O)C35CCC(CC3)CC5)CC4)ccc21. The smallest absolute Gasteiger partial charge is 0.304 e. The average Bonchev–Trinajstić information content (AvgIpc) is 3.36. The molecule has 0 radical (unpaired) electrons. The summed E-state index contributed by atoms with van der Waals surface area (Å²) in [5.74, 6) is 0.0595. The molecule has 7 heteroatoms. The van der Waals surface area contributed by atoms with Gasteiger partial charge in [0, 0.05) is 31.0 Å². The van der Waals surface area contributed by atoms with Gasteiger partial charge in [0.25, 0.3) is 0 Å². The van der Waals surface area contributed by atoms with Crippen molar-refractivity contribution in [3.63, 3.8) is 0 Å². The summed E-state index contributed by atoms with van der Waals surface area (Å²) in [7, 11) is 0. The molecule has 1 amide bonds. The van der Waals surface area contributed by atoms with Crippen molar-refractivity contribution >= 4 is 22.9 Å². The van der Waals surface area contributed by atoms with Gasteiger partial charge in [0.15, 0.2) is 0 Å². The zero-order chi connectivity index (χ0) is 25.7. The third-order valence-corrected chi connectivity index (χ3v) is 9.52. The molecule has 194 valence electrons. The van der Waals surface area contributed by atoms with Crippen LogP contribution in [0.15, 0.2) is 30.3 Å². The molecule has 2 heterocycles. The van der Waals surface area contributed by atoms with Gasteiger partial charge in [-0.2, -0.15) is 0 Å². The number of nitrogens with zero attached hydrogens (tertiary/aromatic N) is 4. The molecule has 3 aliphatic carbocycles. The molecule has 3 saturated carbocycles. The summed E-state index contributed by atoms with van der Waals surface area (Å²) in [5, 5.41) is 18.5. The first-order valence-corrected chi connectivity index (χ1v) is 13.8. The number of aromatic nitrogens is 3. The lowest BCUT2D eigenvalue weighted by Crippen LogP contribution is -2.49. The summed E-state index contributed by atoms with van der Waals surface area (Å²) >= 11 is 0. The Kier molecular flexibility index (Phi) is 6.04. The topological polar surface area (TPSA) is 88.3 Å². The van der Waals surface area contributed by atoms with Gasteiger partial charge in [0.05, 0.1) is 11.9 Å². The van der Waals surface area contributed by atoms with Crippen molar-refractivity contribution in [2.45, 2.75) is 84.2 Å². The van der Waals surface area contributed by atoms with Crippen LogP contribution in [0.1, 0.15) is 85.6 Å². The van der Waals surface area contributed by atoms with E-state index in [-0.39, 0.29) is 17.8 Å². The first-order chi connectivity index (χ1) is 17.9. The Balaban J connectivity index is 1.32. The largest absolute Gasteiger partial charge is 0.481 e. The quantitative estimate of drug-likeness (QED) is 0.501. The number of carboxylic acids is 1. The third kappa shape index (κ3) is 4.12. The van der Waals surface area contributed by atoms with E-state index >= 15 is 0 Å². The van der Waals surface area contributed by atoms with Crippen LogP contribution in [0, 0.1) is 18.3 Å². The van der Waals surface area contributed by atoms with Crippen LogP contribution < -0.4 is 0 Å². The Morgan fingerprint density at radius 1 is 1.11 bits per heavy atom. The minimum Gasteiger partial charge on any atom is -0.481 e. The van der Waals surface area contributed by atoms with Gasteiger partial charge in [-0.05, 0) is 98.6 Å². The lowest BCUT2D eigenvalue weighted by atomic mass is 9.60. The minimum absolute atomic E-state index is 0.0000289. The van der Waals surface area contributed by atoms with Gasteiger partial charge in [-0.15, -0.1) is 5.10 Å². The lowest BCUT2D eigenvalue weighted by Gasteiger charge is -2.48. The maximum Gasteiger partial charge on any atom is 0.304 e. The van der Waals surface area contributed by atoms with E-state index in [0.29, 0.717) is 12.5 Å². The van der Waals surface area contributed by atoms with Crippen molar-refractivity contribution < 1.29 is 14.7 Å². The van der Waals surface area contributed by atoms with Crippen LogP contribution in [0.4, 0.5) is 0 Å². The van der Waals surface area contributed by atoms with Crippen LogP contribution >= 0.6 is 0 Å². The molecule has 1 unspecified atom stereocenters. The van der Waals surface area contributed by atoms with Gasteiger partial charge in [0.1, 0.15) is 5.52 Å². The molecule has 3 aromatic rings. The standard InChI is InChI=1S/C30H36N4O3/c1-3-34-26-7-6-24(19(2)28(26)31-32-34)25(17-27(35)36)22-5-4-21-11-15-33(18-23(21)16-22)29(37)30-12-8-20(9-13-30)10-14-30/h4-7,16,20,25H,3,8-15,17-18H2,1-2H3,(H,35,36). The number of carbonyl (C=O) groups excluding carboxylic acids is 1. The molecular weight excluding hydrogens is 464 g/mol.